The molecule has 2 saturated heterocycles. The highest BCUT2D eigenvalue weighted by atomic mass is 32.1. The Kier molecular flexibility index (Phi) is 5.57. The smallest absolute Gasteiger partial charge is 0.228 e. The third kappa shape index (κ3) is 4.01. The number of nitrogens with zero attached hydrogens (tertiary/aromatic N) is 4. The second-order valence-corrected chi connectivity index (χ2v) is 8.35. The molecule has 0 radical (unpaired) electrons. The summed E-state index contributed by atoms with van der Waals surface area (Å²) in [4.78, 5) is 28.4. The number of hydrogen-bond donors (Lipinski definition) is 1. The first-order valence-electron chi connectivity index (χ1n) is 9.86. The number of nitrogens with one attached hydrogen (secondary N) is 1. The van der Waals surface area contributed by atoms with Crippen LogP contribution in [0.5, 0.6) is 0 Å². The summed E-state index contributed by atoms with van der Waals surface area (Å²) in [5, 5.41) is 13.1. The molecule has 2 aromatic rings. The highest BCUT2D eigenvalue weighted by Gasteiger charge is 2.29. The van der Waals surface area contributed by atoms with Gasteiger partial charge in [0.05, 0.1) is 6.04 Å². The molecule has 3 heterocycles. The molecule has 1 aromatic heterocycles. The second kappa shape index (κ2) is 8.26. The Bertz CT molecular complexity index is 832. The lowest BCUT2D eigenvalue weighted by molar-refractivity contribution is -0.126. The summed E-state index contributed by atoms with van der Waals surface area (Å²) in [5.41, 5.74) is 1.12. The summed E-state index contributed by atoms with van der Waals surface area (Å²) in [6.07, 6.45) is 3.07. The van der Waals surface area contributed by atoms with Crippen molar-refractivity contribution >= 4 is 33.4 Å². The van der Waals surface area contributed by atoms with E-state index in [-0.39, 0.29) is 23.8 Å². The van der Waals surface area contributed by atoms with Crippen molar-refractivity contribution in [1.82, 2.24) is 15.5 Å². The molecule has 2 aliphatic rings. The maximum atomic E-state index is 12.6. The standard InChI is InChI=1S/C20H25N5O2S/c1-14(15-6-3-2-4-7-15)21-18(27)16-9-12-24(13-10-16)19-22-23-20(28-19)25-11-5-8-17(25)26/h2-4,6-7,14,16H,5,8-13H2,1H3,(H,21,27)/t14-/m1/s1. The fraction of sp³-hybridized carbons (Fsp3) is 0.500. The van der Waals surface area contributed by atoms with Gasteiger partial charge in [-0.15, -0.1) is 10.2 Å². The average Bonchev–Trinajstić information content (AvgIpc) is 3.37. The van der Waals surface area contributed by atoms with Crippen molar-refractivity contribution in [3.8, 4) is 0 Å². The molecule has 1 atom stereocenters. The van der Waals surface area contributed by atoms with Gasteiger partial charge < -0.3 is 10.2 Å². The molecule has 1 aromatic carbocycles. The van der Waals surface area contributed by atoms with Crippen molar-refractivity contribution in [3.63, 3.8) is 0 Å². The van der Waals surface area contributed by atoms with E-state index in [1.165, 1.54) is 11.3 Å². The zero-order valence-electron chi connectivity index (χ0n) is 16.0. The summed E-state index contributed by atoms with van der Waals surface area (Å²) >= 11 is 1.47. The lowest BCUT2D eigenvalue weighted by atomic mass is 9.95. The Morgan fingerprint density at radius 2 is 1.86 bits per heavy atom. The number of hydrogen-bond acceptors (Lipinski definition) is 6. The molecule has 2 fully saturated rings. The first-order chi connectivity index (χ1) is 13.6. The first kappa shape index (κ1) is 18.9. The third-order valence-corrected chi connectivity index (χ3v) is 6.51. The number of aromatic nitrogens is 2. The van der Waals surface area contributed by atoms with Crippen LogP contribution in [0.2, 0.25) is 0 Å². The number of carbonyl (C=O) groups is 2. The molecule has 0 spiro atoms. The van der Waals surface area contributed by atoms with Gasteiger partial charge in [-0.3, -0.25) is 14.5 Å². The fourth-order valence-electron chi connectivity index (χ4n) is 3.78. The van der Waals surface area contributed by atoms with Crippen LogP contribution in [0.15, 0.2) is 30.3 Å². The van der Waals surface area contributed by atoms with Gasteiger partial charge in [0, 0.05) is 32.0 Å². The van der Waals surface area contributed by atoms with Crippen molar-refractivity contribution in [1.29, 1.82) is 0 Å². The molecule has 28 heavy (non-hydrogen) atoms. The highest BCUT2D eigenvalue weighted by molar-refractivity contribution is 7.19. The van der Waals surface area contributed by atoms with Crippen molar-refractivity contribution in [2.75, 3.05) is 29.4 Å². The SMILES string of the molecule is C[C@@H](NC(=O)C1CCN(c2nnc(N3CCCC3=O)s2)CC1)c1ccccc1. The molecule has 8 heteroatoms. The maximum Gasteiger partial charge on any atom is 0.228 e. The molecule has 2 amide bonds. The molecule has 1 N–H and O–H groups in total. The molecular formula is C20H25N5O2S. The molecule has 0 bridgehead atoms. The molecule has 0 aliphatic carbocycles. The molecule has 2 aliphatic heterocycles. The van der Waals surface area contributed by atoms with Crippen molar-refractivity contribution in [2.45, 2.75) is 38.6 Å². The molecule has 0 saturated carbocycles. The minimum atomic E-state index is 0.00967. The monoisotopic (exact) mass is 399 g/mol. The Hall–Kier alpha value is -2.48. The van der Waals surface area contributed by atoms with Crippen LogP contribution in [-0.2, 0) is 9.59 Å². The van der Waals surface area contributed by atoms with E-state index in [1.54, 1.807) is 4.90 Å². The van der Waals surface area contributed by atoms with Gasteiger partial charge in [0.1, 0.15) is 0 Å². The molecular weight excluding hydrogens is 374 g/mol. The number of piperidine rings is 1. The quantitative estimate of drug-likeness (QED) is 0.836. The Morgan fingerprint density at radius 1 is 1.14 bits per heavy atom. The number of amides is 2. The van der Waals surface area contributed by atoms with Crippen LogP contribution in [0.25, 0.3) is 0 Å². The van der Waals surface area contributed by atoms with E-state index in [2.05, 4.69) is 20.4 Å². The minimum absolute atomic E-state index is 0.00967. The molecule has 4 rings (SSSR count). The predicted octanol–water partition coefficient (Wildman–Crippen LogP) is 2.76. The first-order valence-corrected chi connectivity index (χ1v) is 10.7. The zero-order chi connectivity index (χ0) is 19.5. The Morgan fingerprint density at radius 3 is 2.54 bits per heavy atom. The van der Waals surface area contributed by atoms with Crippen LogP contribution in [0.1, 0.15) is 44.2 Å². The van der Waals surface area contributed by atoms with Crippen LogP contribution < -0.4 is 15.1 Å². The van der Waals surface area contributed by atoms with Crippen LogP contribution in [0.4, 0.5) is 10.3 Å². The highest BCUT2D eigenvalue weighted by Crippen LogP contribution is 2.32. The summed E-state index contributed by atoms with van der Waals surface area (Å²) in [6.45, 7) is 4.31. The maximum absolute atomic E-state index is 12.6. The van der Waals surface area contributed by atoms with Crippen LogP contribution in [-0.4, -0.2) is 41.6 Å². The van der Waals surface area contributed by atoms with Crippen LogP contribution in [0.3, 0.4) is 0 Å². The van der Waals surface area contributed by atoms with Crippen molar-refractivity contribution < 1.29 is 9.59 Å². The molecule has 0 unspecified atom stereocenters. The predicted molar refractivity (Wildman–Crippen MR) is 109 cm³/mol. The van der Waals surface area contributed by atoms with Gasteiger partial charge in [-0.2, -0.15) is 0 Å². The molecule has 7 nitrogen and oxygen atoms in total. The van der Waals surface area contributed by atoms with Gasteiger partial charge in [-0.1, -0.05) is 41.7 Å². The lowest BCUT2D eigenvalue weighted by Gasteiger charge is -2.31. The van der Waals surface area contributed by atoms with Gasteiger partial charge in [-0.05, 0) is 31.7 Å². The van der Waals surface area contributed by atoms with Gasteiger partial charge in [-0.25, -0.2) is 0 Å². The minimum Gasteiger partial charge on any atom is -0.349 e. The number of carbonyl (C=O) groups excluding carboxylic acids is 2. The van der Waals surface area contributed by atoms with Gasteiger partial charge in [0.15, 0.2) is 0 Å². The number of benzene rings is 1. The van der Waals surface area contributed by atoms with Crippen molar-refractivity contribution in [3.05, 3.63) is 35.9 Å². The Balaban J connectivity index is 1.30. The second-order valence-electron chi connectivity index (χ2n) is 7.42. The van der Waals surface area contributed by atoms with Crippen LogP contribution >= 0.6 is 11.3 Å². The summed E-state index contributed by atoms with van der Waals surface area (Å²) in [7, 11) is 0. The van der Waals surface area contributed by atoms with E-state index >= 15 is 0 Å². The van der Waals surface area contributed by atoms with Gasteiger partial charge >= 0.3 is 0 Å². The van der Waals surface area contributed by atoms with Crippen LogP contribution in [0, 0.1) is 5.92 Å². The lowest BCUT2D eigenvalue weighted by Crippen LogP contribution is -2.41. The topological polar surface area (TPSA) is 78.4 Å². The summed E-state index contributed by atoms with van der Waals surface area (Å²) in [6, 6.07) is 10.0. The average molecular weight is 400 g/mol. The van der Waals surface area contributed by atoms with E-state index in [1.807, 2.05) is 37.3 Å². The fourth-order valence-corrected chi connectivity index (χ4v) is 4.73. The normalized spacial score (nSPS) is 19.1. The molecule has 148 valence electrons. The number of rotatable bonds is 5. The largest absolute Gasteiger partial charge is 0.349 e. The van der Waals surface area contributed by atoms with Gasteiger partial charge in [0.2, 0.25) is 22.1 Å². The zero-order valence-corrected chi connectivity index (χ0v) is 16.8. The van der Waals surface area contributed by atoms with E-state index < -0.39 is 0 Å². The van der Waals surface area contributed by atoms with Gasteiger partial charge in [0.25, 0.3) is 0 Å². The van der Waals surface area contributed by atoms with E-state index in [0.717, 1.165) is 49.6 Å². The Labute approximate surface area is 168 Å². The van der Waals surface area contributed by atoms with E-state index in [9.17, 15) is 9.59 Å². The third-order valence-electron chi connectivity index (χ3n) is 5.50. The van der Waals surface area contributed by atoms with E-state index in [4.69, 9.17) is 0 Å². The summed E-state index contributed by atoms with van der Waals surface area (Å²) in [5.74, 6) is 0.275. The van der Waals surface area contributed by atoms with E-state index in [0.29, 0.717) is 11.6 Å². The van der Waals surface area contributed by atoms with Crippen molar-refractivity contribution in [2.24, 2.45) is 5.92 Å². The summed E-state index contributed by atoms with van der Waals surface area (Å²) < 4.78 is 0. The number of anilines is 2.